The molecule has 0 spiro atoms. The minimum absolute atomic E-state index is 0.0457. The molecular weight excluding hydrogens is 332 g/mol. The van der Waals surface area contributed by atoms with Gasteiger partial charge in [-0.05, 0) is 25.0 Å². The summed E-state index contributed by atoms with van der Waals surface area (Å²) in [6, 6.07) is 9.96. The Hall–Kier alpha value is -2.93. The second-order valence-electron chi connectivity index (χ2n) is 6.39. The lowest BCUT2D eigenvalue weighted by atomic mass is 10.2. The van der Waals surface area contributed by atoms with E-state index >= 15 is 0 Å². The predicted molar refractivity (Wildman–Crippen MR) is 93.4 cm³/mol. The number of fused-ring (bicyclic) bond motifs is 1. The van der Waals surface area contributed by atoms with E-state index in [1.807, 2.05) is 41.1 Å². The van der Waals surface area contributed by atoms with Crippen LogP contribution >= 0.6 is 0 Å². The summed E-state index contributed by atoms with van der Waals surface area (Å²) in [6.07, 6.45) is 6.30. The molecule has 1 atom stereocenters. The average molecular weight is 350 g/mol. The van der Waals surface area contributed by atoms with E-state index in [4.69, 9.17) is 13.7 Å². The van der Waals surface area contributed by atoms with E-state index in [1.165, 1.54) is 0 Å². The lowest BCUT2D eigenvalue weighted by Crippen LogP contribution is -2.04. The molecule has 0 saturated carbocycles. The zero-order valence-corrected chi connectivity index (χ0v) is 14.2. The van der Waals surface area contributed by atoms with Crippen molar-refractivity contribution in [1.82, 2.24) is 19.7 Å². The summed E-state index contributed by atoms with van der Waals surface area (Å²) >= 11 is 0. The monoisotopic (exact) mass is 350 g/mol. The Morgan fingerprint density at radius 1 is 1.23 bits per heavy atom. The number of rotatable bonds is 5. The fraction of sp³-hybridized carbons (Fsp3) is 0.316. The summed E-state index contributed by atoms with van der Waals surface area (Å²) in [4.78, 5) is 8.92. The minimum atomic E-state index is -0.0457. The summed E-state index contributed by atoms with van der Waals surface area (Å²) < 4.78 is 18.9. The first-order chi connectivity index (χ1) is 12.9. The van der Waals surface area contributed by atoms with Gasteiger partial charge in [-0.3, -0.25) is 0 Å². The highest BCUT2D eigenvalue weighted by atomic mass is 16.5. The molecule has 1 saturated heterocycles. The Kier molecular flexibility index (Phi) is 3.79. The maximum Gasteiger partial charge on any atom is 0.255 e. The maximum absolute atomic E-state index is 5.93. The first kappa shape index (κ1) is 15.3. The van der Waals surface area contributed by atoms with Crippen LogP contribution in [0.3, 0.4) is 0 Å². The third-order valence-corrected chi connectivity index (χ3v) is 4.63. The lowest BCUT2D eigenvalue weighted by molar-refractivity contribution is 0.0835. The fourth-order valence-electron chi connectivity index (χ4n) is 3.30. The number of hydrogen-bond acceptors (Lipinski definition) is 6. The molecule has 1 aromatic carbocycles. The molecule has 1 aliphatic heterocycles. The standard InChI is InChI=1S/C19H18N4O3/c1-2-5-14-13(4-1)12-16(25-14)18-20-8-10-23(18)9-7-17-21-19(26-22-17)15-6-3-11-24-15/h1-2,4-5,8,10,12,15H,3,6-7,9,11H2. The van der Waals surface area contributed by atoms with Gasteiger partial charge in [-0.15, -0.1) is 0 Å². The molecule has 1 unspecified atom stereocenters. The maximum atomic E-state index is 5.93. The Morgan fingerprint density at radius 2 is 2.19 bits per heavy atom. The Morgan fingerprint density at radius 3 is 3.08 bits per heavy atom. The molecule has 4 heterocycles. The lowest BCUT2D eigenvalue weighted by Gasteiger charge is -2.04. The molecule has 7 nitrogen and oxygen atoms in total. The summed E-state index contributed by atoms with van der Waals surface area (Å²) in [5, 5.41) is 5.14. The number of nitrogens with zero attached hydrogens (tertiary/aromatic N) is 4. The Labute approximate surface area is 149 Å². The van der Waals surface area contributed by atoms with Crippen LogP contribution in [-0.2, 0) is 17.7 Å². The molecular formula is C19H18N4O3. The van der Waals surface area contributed by atoms with Gasteiger partial charge in [0.2, 0.25) is 0 Å². The number of aryl methyl sites for hydroxylation is 2. The SMILES string of the molecule is c1ccc2oc(-c3nccn3CCc3noc(C4CCCO4)n3)cc2c1. The summed E-state index contributed by atoms with van der Waals surface area (Å²) in [5.41, 5.74) is 0.858. The van der Waals surface area contributed by atoms with Gasteiger partial charge >= 0.3 is 0 Å². The highest BCUT2D eigenvalue weighted by molar-refractivity contribution is 5.81. The molecule has 0 N–H and O–H groups in total. The van der Waals surface area contributed by atoms with Crippen molar-refractivity contribution in [3.05, 3.63) is 54.4 Å². The molecule has 0 radical (unpaired) electrons. The van der Waals surface area contributed by atoms with Crippen LogP contribution in [0.5, 0.6) is 0 Å². The quantitative estimate of drug-likeness (QED) is 0.545. The number of furan rings is 1. The van der Waals surface area contributed by atoms with Crippen molar-refractivity contribution >= 4 is 11.0 Å². The number of para-hydroxylation sites is 1. The van der Waals surface area contributed by atoms with Crippen LogP contribution in [-0.4, -0.2) is 26.3 Å². The van der Waals surface area contributed by atoms with Crippen molar-refractivity contribution in [1.29, 1.82) is 0 Å². The number of ether oxygens (including phenoxy) is 1. The Balaban J connectivity index is 1.33. The molecule has 26 heavy (non-hydrogen) atoms. The summed E-state index contributed by atoms with van der Waals surface area (Å²) in [7, 11) is 0. The largest absolute Gasteiger partial charge is 0.453 e. The van der Waals surface area contributed by atoms with E-state index < -0.39 is 0 Å². The fourth-order valence-corrected chi connectivity index (χ4v) is 3.30. The van der Waals surface area contributed by atoms with Crippen LogP contribution in [0.2, 0.25) is 0 Å². The number of aromatic nitrogens is 4. The molecule has 7 heteroatoms. The first-order valence-corrected chi connectivity index (χ1v) is 8.81. The molecule has 5 rings (SSSR count). The molecule has 0 aliphatic carbocycles. The molecule has 0 bridgehead atoms. The van der Waals surface area contributed by atoms with Crippen molar-refractivity contribution in [2.75, 3.05) is 6.61 Å². The van der Waals surface area contributed by atoms with Crippen LogP contribution in [0.15, 0.2) is 51.7 Å². The average Bonchev–Trinajstić information content (AvgIpc) is 3.46. The van der Waals surface area contributed by atoms with E-state index in [9.17, 15) is 0 Å². The highest BCUT2D eigenvalue weighted by Gasteiger charge is 2.23. The van der Waals surface area contributed by atoms with Gasteiger partial charge in [-0.1, -0.05) is 23.4 Å². The van der Waals surface area contributed by atoms with E-state index in [1.54, 1.807) is 6.20 Å². The first-order valence-electron chi connectivity index (χ1n) is 8.81. The predicted octanol–water partition coefficient (Wildman–Crippen LogP) is 3.77. The van der Waals surface area contributed by atoms with Crippen molar-refractivity contribution < 1.29 is 13.7 Å². The molecule has 0 amide bonds. The Bertz CT molecular complexity index is 993. The van der Waals surface area contributed by atoms with Gasteiger partial charge < -0.3 is 18.2 Å². The topological polar surface area (TPSA) is 79.1 Å². The van der Waals surface area contributed by atoms with Gasteiger partial charge in [-0.2, -0.15) is 4.98 Å². The smallest absolute Gasteiger partial charge is 0.255 e. The molecule has 3 aromatic heterocycles. The number of hydrogen-bond donors (Lipinski definition) is 0. The van der Waals surface area contributed by atoms with Crippen LogP contribution < -0.4 is 0 Å². The van der Waals surface area contributed by atoms with Crippen LogP contribution in [0.25, 0.3) is 22.6 Å². The van der Waals surface area contributed by atoms with Gasteiger partial charge in [0, 0.05) is 37.4 Å². The van der Waals surface area contributed by atoms with Gasteiger partial charge in [0.25, 0.3) is 5.89 Å². The molecule has 4 aromatic rings. The minimum Gasteiger partial charge on any atom is -0.453 e. The van der Waals surface area contributed by atoms with Crippen molar-refractivity contribution in [2.24, 2.45) is 0 Å². The van der Waals surface area contributed by atoms with E-state index in [0.717, 1.165) is 42.0 Å². The van der Waals surface area contributed by atoms with Gasteiger partial charge in [0.15, 0.2) is 17.4 Å². The van der Waals surface area contributed by atoms with E-state index in [2.05, 4.69) is 15.1 Å². The molecule has 1 fully saturated rings. The zero-order valence-electron chi connectivity index (χ0n) is 14.2. The van der Waals surface area contributed by atoms with Gasteiger partial charge in [0.1, 0.15) is 11.7 Å². The number of imidazole rings is 1. The van der Waals surface area contributed by atoms with Crippen molar-refractivity contribution in [2.45, 2.75) is 31.9 Å². The summed E-state index contributed by atoms with van der Waals surface area (Å²) in [6.45, 7) is 1.45. The second-order valence-corrected chi connectivity index (χ2v) is 6.39. The number of benzene rings is 1. The van der Waals surface area contributed by atoms with E-state index in [0.29, 0.717) is 24.7 Å². The third kappa shape index (κ3) is 2.80. The molecule has 132 valence electrons. The van der Waals surface area contributed by atoms with Gasteiger partial charge in [-0.25, -0.2) is 4.98 Å². The van der Waals surface area contributed by atoms with Gasteiger partial charge in [0.05, 0.1) is 0 Å². The normalized spacial score (nSPS) is 17.3. The van der Waals surface area contributed by atoms with Crippen LogP contribution in [0, 0.1) is 0 Å². The third-order valence-electron chi connectivity index (χ3n) is 4.63. The van der Waals surface area contributed by atoms with Crippen molar-refractivity contribution in [3.63, 3.8) is 0 Å². The second kappa shape index (κ2) is 6.42. The van der Waals surface area contributed by atoms with Crippen molar-refractivity contribution in [3.8, 4) is 11.6 Å². The summed E-state index contributed by atoms with van der Waals surface area (Å²) in [5.74, 6) is 2.81. The van der Waals surface area contributed by atoms with E-state index in [-0.39, 0.29) is 6.10 Å². The van der Waals surface area contributed by atoms with Crippen LogP contribution in [0.4, 0.5) is 0 Å². The highest BCUT2D eigenvalue weighted by Crippen LogP contribution is 2.28. The zero-order chi connectivity index (χ0) is 17.3. The van der Waals surface area contributed by atoms with Crippen LogP contribution in [0.1, 0.15) is 30.7 Å². The molecule has 1 aliphatic rings.